The maximum Gasteiger partial charge on any atom is 0.331 e. The van der Waals surface area contributed by atoms with E-state index >= 15 is 25.2 Å². The van der Waals surface area contributed by atoms with Gasteiger partial charge in [0.25, 0.3) is 0 Å². The van der Waals surface area contributed by atoms with E-state index in [0.717, 1.165) is 112 Å². The molecule has 17 aliphatic rings. The van der Waals surface area contributed by atoms with Gasteiger partial charge < -0.3 is 45.1 Å². The SMILES string of the molecule is CN[C@@H]1Cc2c(cccc2CO)C#C[C@@]2(CC[C@H](Cc3ccccc3)C2)C[C@]23C[C@H]4C#CC[C@H]5[C@@H]6C[C@@H]7C[C@@H]8Cc9cccc(c9)C[C@@H]9CC[C@@H](C9)[C@@H]9CC=C[C@@H]%10C[C@@H]%11[C@@H](O8)[C@]7(C[C@]7(C=O)[C@@H]4[C@@](O)([C@@H](O)[C@@H](C[C@@H]9%10)[C@]%117O)[C@@]2(O)C[C@@H]2C[C@H]1[C@H]1OC(=O)C=C1[C@@H]23)[C@@H]6CC[C@@H]5c1ccccc1. The van der Waals surface area contributed by atoms with Gasteiger partial charge in [0.15, 0.2) is 0 Å². The number of hydrogen-bond acceptors (Lipinski definition) is 10. The molecule has 10 heteroatoms. The van der Waals surface area contributed by atoms with E-state index in [1.807, 2.05) is 19.2 Å². The molecule has 19 bridgehead atoms. The molecular formula is C89H101NO9. The number of esters is 1. The third kappa shape index (κ3) is 8.64. The van der Waals surface area contributed by atoms with E-state index in [4.69, 9.17) is 9.47 Å². The molecule has 11 fully saturated rings. The average molecular weight is 1330 g/mol. The Morgan fingerprint density at radius 2 is 1.57 bits per heavy atom. The first kappa shape index (κ1) is 63.1. The van der Waals surface area contributed by atoms with Crippen molar-refractivity contribution in [2.24, 2.45) is 122 Å². The number of aliphatic hydroxyl groups excluding tert-OH is 2. The van der Waals surface area contributed by atoms with Crippen LogP contribution in [-0.4, -0.2) is 92.1 Å². The van der Waals surface area contributed by atoms with Gasteiger partial charge in [0, 0.05) is 69.9 Å². The van der Waals surface area contributed by atoms with Gasteiger partial charge in [0.2, 0.25) is 0 Å². The van der Waals surface area contributed by atoms with Crippen molar-refractivity contribution in [3.05, 3.63) is 166 Å². The van der Waals surface area contributed by atoms with Gasteiger partial charge in [-0.25, -0.2) is 4.79 Å². The van der Waals surface area contributed by atoms with Crippen molar-refractivity contribution in [3.63, 3.8) is 0 Å². The van der Waals surface area contributed by atoms with Gasteiger partial charge in [-0.2, -0.15) is 0 Å². The summed E-state index contributed by atoms with van der Waals surface area (Å²) in [5, 5.41) is 78.6. The molecule has 0 aromatic heterocycles. The Morgan fingerprint density at radius 1 is 0.737 bits per heavy atom. The molecule has 21 rings (SSSR count). The standard InChI is InChI=1S/C89H101NO9/c1-90-76-42-68-57(18-9-21-61(68)47-91)29-31-83(30-28-55(44-83)32-51-12-4-2-5-13-51)48-84-45-60-20-11-23-67-66(56-16-6-3-7-17-56)26-27-73-70(67)40-63-39-64-36-53-15-8-14-52(33-53)34-54-24-25-59(35-54)65-22-10-19-58-38-75-82(98-64)86(63,73)49-85(50-92)80(60)89(97,81(94)74(41-69(58)65)88(75,85)96)87(84,95)46-62-37-71(76)79-72(78(62)84)43-77(93)99-79/h2-10,12-19,21,33,43,50,54-55,58-60,62-67,69-71,73-76,78-82,90-91,94-97H,22-28,30,32,34-42,44-49H2,1H3/t54-,55+,58+,59-,60+,62-,63-,64-,65-,66+,67+,69+,70-,71+,73+,74+,75+,76+,78+,79+,80+,81-,82+,83+,84-,85-,86-,87+,88-,89+/m0/s1. The lowest BCUT2D eigenvalue weighted by molar-refractivity contribution is -0.400. The fourth-order valence-corrected chi connectivity index (χ4v) is 29.9. The van der Waals surface area contributed by atoms with E-state index in [9.17, 15) is 9.90 Å². The smallest absolute Gasteiger partial charge is 0.331 e. The van der Waals surface area contributed by atoms with E-state index in [1.165, 1.54) is 28.5 Å². The van der Waals surface area contributed by atoms with Crippen molar-refractivity contribution in [1.82, 2.24) is 5.32 Å². The fourth-order valence-electron chi connectivity index (χ4n) is 29.9. The molecule has 0 amide bonds. The van der Waals surface area contributed by atoms with Crippen LogP contribution in [0, 0.1) is 146 Å². The zero-order valence-corrected chi connectivity index (χ0v) is 57.7. The molecule has 4 aromatic carbocycles. The summed E-state index contributed by atoms with van der Waals surface area (Å²) >= 11 is 0. The Morgan fingerprint density at radius 3 is 2.39 bits per heavy atom. The number of likely N-dealkylation sites (N-methyl/N-ethyl adjacent to an activating group) is 1. The van der Waals surface area contributed by atoms with E-state index in [1.54, 1.807) is 6.08 Å². The number of ether oxygens (including phenoxy) is 2. The molecule has 6 N–H and O–H groups in total. The van der Waals surface area contributed by atoms with Crippen LogP contribution in [0.4, 0.5) is 0 Å². The molecule has 14 aliphatic carbocycles. The van der Waals surface area contributed by atoms with Crippen molar-refractivity contribution in [3.8, 4) is 23.7 Å². The highest BCUT2D eigenvalue weighted by molar-refractivity contribution is 5.86. The first-order valence-corrected chi connectivity index (χ1v) is 39.3. The van der Waals surface area contributed by atoms with Crippen molar-refractivity contribution in [2.75, 3.05) is 7.05 Å². The topological polar surface area (TPSA) is 166 Å². The summed E-state index contributed by atoms with van der Waals surface area (Å²) < 4.78 is 15.0. The minimum atomic E-state index is -2.40. The van der Waals surface area contributed by atoms with Crippen molar-refractivity contribution in [2.45, 2.75) is 207 Å². The highest BCUT2D eigenvalue weighted by atomic mass is 16.5. The van der Waals surface area contributed by atoms with Crippen LogP contribution >= 0.6 is 0 Å². The van der Waals surface area contributed by atoms with Gasteiger partial charge in [0.05, 0.1) is 35.9 Å². The maximum atomic E-state index is 16.7. The maximum absolute atomic E-state index is 16.7. The second-order valence-electron chi connectivity index (χ2n) is 36.3. The lowest BCUT2D eigenvalue weighted by Crippen LogP contribution is -2.88. The van der Waals surface area contributed by atoms with Crippen LogP contribution in [0.3, 0.4) is 0 Å². The molecule has 10 nitrogen and oxygen atoms in total. The van der Waals surface area contributed by atoms with E-state index in [2.05, 4.69) is 132 Å². The van der Waals surface area contributed by atoms with Gasteiger partial charge in [-0.1, -0.05) is 127 Å². The third-order valence-electron chi connectivity index (χ3n) is 32.9. The van der Waals surface area contributed by atoms with Crippen LogP contribution in [0.2, 0.25) is 0 Å². The first-order valence-electron chi connectivity index (χ1n) is 39.3. The summed E-state index contributed by atoms with van der Waals surface area (Å²) in [6.45, 7) is -0.149. The molecule has 3 heterocycles. The van der Waals surface area contributed by atoms with Gasteiger partial charge in [-0.3, -0.25) is 0 Å². The van der Waals surface area contributed by atoms with Crippen LogP contribution in [0.25, 0.3) is 0 Å². The molecule has 0 radical (unpaired) electrons. The molecule has 1 saturated heterocycles. The predicted molar refractivity (Wildman–Crippen MR) is 376 cm³/mol. The second-order valence-corrected chi connectivity index (χ2v) is 36.3. The summed E-state index contributed by atoms with van der Waals surface area (Å²) in [6, 6.07) is 37.2. The van der Waals surface area contributed by atoms with Gasteiger partial charge in [-0.15, -0.1) is 5.92 Å². The minimum Gasteiger partial charge on any atom is -0.454 e. The lowest BCUT2D eigenvalue weighted by Gasteiger charge is -2.77. The summed E-state index contributed by atoms with van der Waals surface area (Å²) in [7, 11) is 1.98. The van der Waals surface area contributed by atoms with E-state index < -0.39 is 92.3 Å². The van der Waals surface area contributed by atoms with E-state index in [0.29, 0.717) is 56.8 Å². The van der Waals surface area contributed by atoms with Gasteiger partial charge in [-0.05, 0) is 270 Å². The van der Waals surface area contributed by atoms with Gasteiger partial charge in [0.1, 0.15) is 23.6 Å². The van der Waals surface area contributed by atoms with Crippen LogP contribution in [0.15, 0.2) is 127 Å². The van der Waals surface area contributed by atoms with Crippen molar-refractivity contribution >= 4 is 12.3 Å². The van der Waals surface area contributed by atoms with Crippen LogP contribution < -0.4 is 5.32 Å². The Labute approximate surface area is 585 Å². The number of carbonyl (C=O) groups excluding carboxylic acids is 2. The molecule has 516 valence electrons. The zero-order chi connectivity index (χ0) is 66.7. The number of benzene rings is 4. The quantitative estimate of drug-likeness (QED) is 0.0474. The number of nitrogens with one attached hydrogen (secondary N) is 1. The molecular weight excluding hydrogens is 1230 g/mol. The third-order valence-corrected chi connectivity index (χ3v) is 32.9. The normalized spacial score (nSPS) is 49.3. The molecule has 10 saturated carbocycles. The van der Waals surface area contributed by atoms with Crippen molar-refractivity contribution in [1.29, 1.82) is 0 Å². The summed E-state index contributed by atoms with van der Waals surface area (Å²) in [4.78, 5) is 31.4. The highest BCUT2D eigenvalue weighted by Gasteiger charge is 2.90. The van der Waals surface area contributed by atoms with Gasteiger partial charge >= 0.3 is 5.97 Å². The number of rotatable bonds is 6. The summed E-state index contributed by atoms with van der Waals surface area (Å²) in [5.74, 6) is 13.7. The average Bonchev–Trinajstić information content (AvgIpc) is 1.60. The molecule has 4 aromatic rings. The van der Waals surface area contributed by atoms with Crippen LogP contribution in [0.5, 0.6) is 0 Å². The van der Waals surface area contributed by atoms with Crippen LogP contribution in [-0.2, 0) is 51.4 Å². The largest absolute Gasteiger partial charge is 0.454 e. The minimum absolute atomic E-state index is 0.0377. The Kier molecular flexibility index (Phi) is 14.4. The number of hydrogen-bond donors (Lipinski definition) is 6. The number of aliphatic hydroxyl groups is 5. The number of fused-ring (bicyclic) bond motifs is 8. The summed E-state index contributed by atoms with van der Waals surface area (Å²) in [6.07, 6.45) is 21.9. The zero-order valence-electron chi connectivity index (χ0n) is 57.7. The number of allylic oxidation sites excluding steroid dienone is 2. The van der Waals surface area contributed by atoms with Crippen molar-refractivity contribution < 1.29 is 44.6 Å². The second kappa shape index (κ2) is 22.7. The molecule has 3 spiro atoms. The number of carbonyl (C=O) groups is 2. The van der Waals surface area contributed by atoms with Crippen LogP contribution in [0.1, 0.15) is 167 Å². The Bertz CT molecular complexity index is 4130. The predicted octanol–water partition coefficient (Wildman–Crippen LogP) is 12.4. The fraction of sp³-hybridized carbons (Fsp3) is 0.618. The first-order chi connectivity index (χ1) is 48.1. The highest BCUT2D eigenvalue weighted by Crippen LogP contribution is 2.84. The molecule has 99 heavy (non-hydrogen) atoms. The number of aldehydes is 1. The Hall–Kier alpha value is -5.66. The van der Waals surface area contributed by atoms with E-state index in [-0.39, 0.29) is 96.7 Å². The summed E-state index contributed by atoms with van der Waals surface area (Å²) in [5.41, 5.74) is -1.81. The Balaban J connectivity index is 0.849. The lowest BCUT2D eigenvalue weighted by atomic mass is 9.30. The molecule has 0 unspecified atom stereocenters. The monoisotopic (exact) mass is 1330 g/mol. The molecule has 30 atom stereocenters. The molecule has 3 aliphatic heterocycles.